The zero-order valence-corrected chi connectivity index (χ0v) is 15.1. The Bertz CT molecular complexity index is 768. The molecule has 130 valence electrons. The Balaban J connectivity index is 1.88. The number of rotatable bonds is 2. The van der Waals surface area contributed by atoms with Gasteiger partial charge in [0.15, 0.2) is 5.11 Å². The lowest BCUT2D eigenvalue weighted by molar-refractivity contribution is 0.0934. The first kappa shape index (κ1) is 18.5. The van der Waals surface area contributed by atoms with Crippen molar-refractivity contribution in [1.29, 1.82) is 0 Å². The van der Waals surface area contributed by atoms with Gasteiger partial charge in [-0.3, -0.25) is 30.7 Å². The maximum atomic E-state index is 12.2. The highest BCUT2D eigenvalue weighted by molar-refractivity contribution is 7.80. The summed E-state index contributed by atoms with van der Waals surface area (Å²) >= 11 is 5.01. The normalized spacial score (nSPS) is 10.7. The number of carbonyl (C=O) groups is 2. The zero-order chi connectivity index (χ0) is 18.4. The summed E-state index contributed by atoms with van der Waals surface area (Å²) in [5.41, 5.74) is 6.97. The fourth-order valence-electron chi connectivity index (χ4n) is 2.02. The van der Waals surface area contributed by atoms with Crippen LogP contribution in [0.3, 0.4) is 0 Å². The fraction of sp³-hybridized carbons (Fsp3) is 0.222. The van der Waals surface area contributed by atoms with E-state index in [4.69, 9.17) is 12.2 Å². The molecule has 0 fully saturated rings. The number of hydrogen-bond donors (Lipinski definition) is 3. The summed E-state index contributed by atoms with van der Waals surface area (Å²) in [4.78, 5) is 27.9. The van der Waals surface area contributed by atoms with E-state index in [1.807, 2.05) is 12.1 Å². The average molecular weight is 356 g/mol. The molecule has 2 aromatic rings. The fourth-order valence-corrected chi connectivity index (χ4v) is 2.16. The van der Waals surface area contributed by atoms with Crippen LogP contribution in [0.2, 0.25) is 0 Å². The second kappa shape index (κ2) is 7.85. The standard InChI is InChI=1S/C18H20N4O2S/c1-18(2,3)14-6-4-12(5-7-14)15(23)20-17(25)22-21-16(24)13-8-10-19-11-9-13/h4-11H,1-3H3,(H,21,24)(H2,20,22,23,25). The molecule has 25 heavy (non-hydrogen) atoms. The van der Waals surface area contributed by atoms with Crippen molar-refractivity contribution in [3.05, 3.63) is 65.5 Å². The Kier molecular flexibility index (Phi) is 5.82. The Morgan fingerprint density at radius 2 is 1.44 bits per heavy atom. The van der Waals surface area contributed by atoms with E-state index in [-0.39, 0.29) is 22.3 Å². The molecule has 3 N–H and O–H groups in total. The minimum Gasteiger partial charge on any atom is -0.298 e. The second-order valence-corrected chi connectivity index (χ2v) is 6.83. The number of hydrazine groups is 1. The lowest BCUT2D eigenvalue weighted by atomic mass is 9.87. The largest absolute Gasteiger partial charge is 0.298 e. The molecule has 0 bridgehead atoms. The molecule has 0 atom stereocenters. The van der Waals surface area contributed by atoms with Crippen LogP contribution in [-0.4, -0.2) is 21.9 Å². The maximum Gasteiger partial charge on any atom is 0.269 e. The summed E-state index contributed by atoms with van der Waals surface area (Å²) in [5, 5.41) is 2.52. The van der Waals surface area contributed by atoms with Gasteiger partial charge in [0.05, 0.1) is 0 Å². The molecule has 0 saturated carbocycles. The molecule has 0 saturated heterocycles. The quantitative estimate of drug-likeness (QED) is 0.568. The van der Waals surface area contributed by atoms with Crippen molar-refractivity contribution in [3.8, 4) is 0 Å². The Labute approximate surface area is 152 Å². The second-order valence-electron chi connectivity index (χ2n) is 6.43. The summed E-state index contributed by atoms with van der Waals surface area (Å²) < 4.78 is 0. The third kappa shape index (κ3) is 5.36. The zero-order valence-electron chi connectivity index (χ0n) is 14.3. The highest BCUT2D eigenvalue weighted by Crippen LogP contribution is 2.22. The van der Waals surface area contributed by atoms with Gasteiger partial charge in [0.25, 0.3) is 11.8 Å². The molecule has 0 aliphatic rings. The molecule has 7 heteroatoms. The van der Waals surface area contributed by atoms with Crippen molar-refractivity contribution < 1.29 is 9.59 Å². The molecule has 0 unspecified atom stereocenters. The molecule has 0 spiro atoms. The van der Waals surface area contributed by atoms with Gasteiger partial charge < -0.3 is 0 Å². The number of hydrogen-bond acceptors (Lipinski definition) is 4. The SMILES string of the molecule is CC(C)(C)c1ccc(C(=O)NC(=S)NNC(=O)c2ccncc2)cc1. The van der Waals surface area contributed by atoms with E-state index in [2.05, 4.69) is 41.9 Å². The van der Waals surface area contributed by atoms with Crippen LogP contribution in [0, 0.1) is 0 Å². The number of amides is 2. The number of thiocarbonyl (C=S) groups is 1. The molecular formula is C18H20N4O2S. The molecule has 0 aliphatic heterocycles. The topological polar surface area (TPSA) is 83.1 Å². The van der Waals surface area contributed by atoms with Crippen molar-refractivity contribution in [3.63, 3.8) is 0 Å². The van der Waals surface area contributed by atoms with E-state index in [1.54, 1.807) is 24.3 Å². The van der Waals surface area contributed by atoms with Crippen molar-refractivity contribution >= 4 is 29.1 Å². The predicted molar refractivity (Wildman–Crippen MR) is 100 cm³/mol. The molecular weight excluding hydrogens is 336 g/mol. The Hall–Kier alpha value is -2.80. The van der Waals surface area contributed by atoms with Crippen molar-refractivity contribution in [2.75, 3.05) is 0 Å². The van der Waals surface area contributed by atoms with Gasteiger partial charge in [-0.2, -0.15) is 0 Å². The molecule has 1 aromatic heterocycles. The summed E-state index contributed by atoms with van der Waals surface area (Å²) in [6.07, 6.45) is 3.02. The van der Waals surface area contributed by atoms with E-state index in [0.717, 1.165) is 5.56 Å². The van der Waals surface area contributed by atoms with E-state index in [1.165, 1.54) is 12.4 Å². The third-order valence-electron chi connectivity index (χ3n) is 3.47. The highest BCUT2D eigenvalue weighted by Gasteiger charge is 2.15. The molecule has 1 aromatic carbocycles. The number of benzene rings is 1. The first-order valence-electron chi connectivity index (χ1n) is 7.69. The van der Waals surface area contributed by atoms with Gasteiger partial charge in [-0.25, -0.2) is 0 Å². The van der Waals surface area contributed by atoms with E-state index in [0.29, 0.717) is 11.1 Å². The predicted octanol–water partition coefficient (Wildman–Crippen LogP) is 2.33. The Morgan fingerprint density at radius 3 is 2.00 bits per heavy atom. The van der Waals surface area contributed by atoms with Gasteiger partial charge in [0.1, 0.15) is 0 Å². The van der Waals surface area contributed by atoms with E-state index < -0.39 is 0 Å². The van der Waals surface area contributed by atoms with Gasteiger partial charge in [-0.1, -0.05) is 32.9 Å². The van der Waals surface area contributed by atoms with Crippen LogP contribution in [0.15, 0.2) is 48.8 Å². The summed E-state index contributed by atoms with van der Waals surface area (Å²) in [6.45, 7) is 6.31. The van der Waals surface area contributed by atoms with E-state index in [9.17, 15) is 9.59 Å². The lowest BCUT2D eigenvalue weighted by Gasteiger charge is -2.19. The third-order valence-corrected chi connectivity index (χ3v) is 3.68. The van der Waals surface area contributed by atoms with Crippen molar-refractivity contribution in [2.45, 2.75) is 26.2 Å². The number of nitrogens with zero attached hydrogens (tertiary/aromatic N) is 1. The monoisotopic (exact) mass is 356 g/mol. The lowest BCUT2D eigenvalue weighted by Crippen LogP contribution is -2.48. The molecule has 1 heterocycles. The first-order valence-corrected chi connectivity index (χ1v) is 8.10. The maximum absolute atomic E-state index is 12.2. The minimum atomic E-state index is -0.381. The molecule has 0 radical (unpaired) electrons. The van der Waals surface area contributed by atoms with Crippen molar-refractivity contribution in [2.24, 2.45) is 0 Å². The van der Waals surface area contributed by atoms with Gasteiger partial charge in [-0.05, 0) is 47.5 Å². The number of carbonyl (C=O) groups excluding carboxylic acids is 2. The van der Waals surface area contributed by atoms with Gasteiger partial charge in [0.2, 0.25) is 0 Å². The number of nitrogens with one attached hydrogen (secondary N) is 3. The van der Waals surface area contributed by atoms with Crippen LogP contribution in [0.5, 0.6) is 0 Å². The smallest absolute Gasteiger partial charge is 0.269 e. The van der Waals surface area contributed by atoms with Gasteiger partial charge in [-0.15, -0.1) is 0 Å². The summed E-state index contributed by atoms with van der Waals surface area (Å²) in [6, 6.07) is 10.4. The average Bonchev–Trinajstić information content (AvgIpc) is 2.59. The molecule has 2 amide bonds. The summed E-state index contributed by atoms with van der Waals surface area (Å²) in [5.74, 6) is -0.732. The van der Waals surface area contributed by atoms with Gasteiger partial charge in [0, 0.05) is 23.5 Å². The molecule has 0 aliphatic carbocycles. The van der Waals surface area contributed by atoms with Crippen LogP contribution in [0.25, 0.3) is 0 Å². The van der Waals surface area contributed by atoms with Crippen LogP contribution in [-0.2, 0) is 5.41 Å². The number of aromatic nitrogens is 1. The van der Waals surface area contributed by atoms with Crippen molar-refractivity contribution in [1.82, 2.24) is 21.2 Å². The number of pyridine rings is 1. The van der Waals surface area contributed by atoms with Crippen LogP contribution in [0.4, 0.5) is 0 Å². The van der Waals surface area contributed by atoms with E-state index >= 15 is 0 Å². The highest BCUT2D eigenvalue weighted by atomic mass is 32.1. The molecule has 2 rings (SSSR count). The van der Waals surface area contributed by atoms with Crippen LogP contribution in [0.1, 0.15) is 47.1 Å². The Morgan fingerprint density at radius 1 is 0.880 bits per heavy atom. The minimum absolute atomic E-state index is 0.00676. The first-order chi connectivity index (χ1) is 11.8. The molecule has 6 nitrogen and oxygen atoms in total. The van der Waals surface area contributed by atoms with Gasteiger partial charge >= 0.3 is 0 Å². The summed E-state index contributed by atoms with van der Waals surface area (Å²) in [7, 11) is 0. The van der Waals surface area contributed by atoms with Crippen LogP contribution < -0.4 is 16.2 Å². The van der Waals surface area contributed by atoms with Crippen LogP contribution >= 0.6 is 12.2 Å².